The Kier molecular flexibility index (Phi) is 5.66. The van der Waals surface area contributed by atoms with Crippen molar-refractivity contribution in [1.29, 1.82) is 0 Å². The fourth-order valence-corrected chi connectivity index (χ4v) is 1.49. The summed E-state index contributed by atoms with van der Waals surface area (Å²) in [6.45, 7) is 2.31. The molecule has 2 atom stereocenters. The van der Waals surface area contributed by atoms with Gasteiger partial charge in [-0.3, -0.25) is 4.79 Å². The molecule has 94 valence electrons. The second-order valence-electron chi connectivity index (χ2n) is 3.95. The average Bonchev–Trinajstić information content (AvgIpc) is 2.34. The Morgan fingerprint density at radius 1 is 1.35 bits per heavy atom. The van der Waals surface area contributed by atoms with Crippen LogP contribution in [-0.4, -0.2) is 25.2 Å². The van der Waals surface area contributed by atoms with Crippen LogP contribution >= 0.6 is 0 Å². The van der Waals surface area contributed by atoms with Crippen molar-refractivity contribution in [1.82, 2.24) is 0 Å². The third-order valence-electron chi connectivity index (χ3n) is 2.60. The Hall–Kier alpha value is -1.39. The first-order valence-corrected chi connectivity index (χ1v) is 5.60. The molecular formula is C13H19NO3. The highest BCUT2D eigenvalue weighted by molar-refractivity contribution is 5.74. The van der Waals surface area contributed by atoms with Crippen LogP contribution in [0.5, 0.6) is 0 Å². The maximum atomic E-state index is 10.9. The fraction of sp³-hybridized carbons (Fsp3) is 0.462. The van der Waals surface area contributed by atoms with Gasteiger partial charge in [0.15, 0.2) is 0 Å². The first kappa shape index (κ1) is 13.7. The number of carbonyl (C=O) groups excluding carboxylic acids is 1. The number of primary amides is 1. The largest absolute Gasteiger partial charge is 0.379 e. The van der Waals surface area contributed by atoms with E-state index < -0.39 is 0 Å². The maximum Gasteiger partial charge on any atom is 0.220 e. The number of methoxy groups -OCH3 is 1. The zero-order valence-corrected chi connectivity index (χ0v) is 10.3. The molecule has 4 nitrogen and oxygen atoms in total. The van der Waals surface area contributed by atoms with Crippen LogP contribution in [0.2, 0.25) is 0 Å². The second-order valence-corrected chi connectivity index (χ2v) is 3.95. The van der Waals surface area contributed by atoms with Crippen molar-refractivity contribution in [3.05, 3.63) is 35.9 Å². The van der Waals surface area contributed by atoms with Crippen molar-refractivity contribution in [2.45, 2.75) is 32.2 Å². The van der Waals surface area contributed by atoms with Crippen molar-refractivity contribution >= 4 is 5.91 Å². The molecule has 0 radical (unpaired) electrons. The molecule has 0 spiro atoms. The maximum absolute atomic E-state index is 10.9. The van der Waals surface area contributed by atoms with Crippen molar-refractivity contribution in [2.75, 3.05) is 7.11 Å². The number of nitrogens with two attached hydrogens (primary N) is 1. The molecular weight excluding hydrogens is 218 g/mol. The molecule has 0 aliphatic carbocycles. The predicted octanol–water partition coefficient (Wildman–Crippen LogP) is 1.48. The lowest BCUT2D eigenvalue weighted by atomic mass is 10.1. The fourth-order valence-electron chi connectivity index (χ4n) is 1.49. The topological polar surface area (TPSA) is 61.5 Å². The average molecular weight is 237 g/mol. The minimum atomic E-state index is -0.382. The molecule has 4 heteroatoms. The summed E-state index contributed by atoms with van der Waals surface area (Å²) in [5.74, 6) is -0.382. The molecule has 1 rings (SSSR count). The lowest BCUT2D eigenvalue weighted by Crippen LogP contribution is -2.32. The molecule has 0 aliphatic rings. The molecule has 1 aromatic rings. The second kappa shape index (κ2) is 7.04. The number of rotatable bonds is 7. The van der Waals surface area contributed by atoms with E-state index in [1.807, 2.05) is 37.3 Å². The zero-order chi connectivity index (χ0) is 12.7. The predicted molar refractivity (Wildman–Crippen MR) is 65.3 cm³/mol. The Bertz CT molecular complexity index is 340. The van der Waals surface area contributed by atoms with Crippen LogP contribution in [0.4, 0.5) is 0 Å². The van der Waals surface area contributed by atoms with Gasteiger partial charge in [-0.2, -0.15) is 0 Å². The lowest BCUT2D eigenvalue weighted by molar-refractivity contribution is -0.125. The van der Waals surface area contributed by atoms with E-state index in [-0.39, 0.29) is 24.5 Å². The SMILES string of the molecule is COC(C)C(CC(N)=O)OCc1ccccc1. The lowest BCUT2D eigenvalue weighted by Gasteiger charge is -2.22. The van der Waals surface area contributed by atoms with E-state index in [9.17, 15) is 4.79 Å². The van der Waals surface area contributed by atoms with E-state index in [0.29, 0.717) is 6.61 Å². The standard InChI is InChI=1S/C13H19NO3/c1-10(16-2)12(8-13(14)15)17-9-11-6-4-3-5-7-11/h3-7,10,12H,8-9H2,1-2H3,(H2,14,15). The van der Waals surface area contributed by atoms with Gasteiger partial charge in [0.1, 0.15) is 0 Å². The highest BCUT2D eigenvalue weighted by Gasteiger charge is 2.19. The van der Waals surface area contributed by atoms with Gasteiger partial charge in [0.2, 0.25) is 5.91 Å². The van der Waals surface area contributed by atoms with Gasteiger partial charge in [-0.25, -0.2) is 0 Å². The van der Waals surface area contributed by atoms with Gasteiger partial charge in [0, 0.05) is 7.11 Å². The summed E-state index contributed by atoms with van der Waals surface area (Å²) in [5, 5.41) is 0. The Morgan fingerprint density at radius 3 is 2.53 bits per heavy atom. The van der Waals surface area contributed by atoms with Crippen LogP contribution in [-0.2, 0) is 20.9 Å². The van der Waals surface area contributed by atoms with E-state index in [2.05, 4.69) is 0 Å². The molecule has 0 aliphatic heterocycles. The molecule has 0 bridgehead atoms. The summed E-state index contributed by atoms with van der Waals surface area (Å²) in [7, 11) is 1.59. The Labute approximate surface area is 102 Å². The molecule has 2 unspecified atom stereocenters. The van der Waals surface area contributed by atoms with Crippen molar-refractivity contribution < 1.29 is 14.3 Å². The molecule has 17 heavy (non-hydrogen) atoms. The smallest absolute Gasteiger partial charge is 0.220 e. The molecule has 0 saturated heterocycles. The third kappa shape index (κ3) is 4.97. The minimum absolute atomic E-state index is 0.161. The van der Waals surface area contributed by atoms with E-state index in [1.165, 1.54) is 0 Å². The number of hydrogen-bond acceptors (Lipinski definition) is 3. The quantitative estimate of drug-likeness (QED) is 0.781. The van der Waals surface area contributed by atoms with Gasteiger partial charge in [0.05, 0.1) is 25.2 Å². The van der Waals surface area contributed by atoms with E-state index in [0.717, 1.165) is 5.56 Å². The van der Waals surface area contributed by atoms with Crippen LogP contribution in [0.15, 0.2) is 30.3 Å². The summed E-state index contributed by atoms with van der Waals surface area (Å²) in [5.41, 5.74) is 6.24. The van der Waals surface area contributed by atoms with Crippen LogP contribution in [0.1, 0.15) is 18.9 Å². The van der Waals surface area contributed by atoms with E-state index in [4.69, 9.17) is 15.2 Å². The van der Waals surface area contributed by atoms with Gasteiger partial charge in [-0.1, -0.05) is 30.3 Å². The van der Waals surface area contributed by atoms with Gasteiger partial charge in [-0.05, 0) is 12.5 Å². The third-order valence-corrected chi connectivity index (χ3v) is 2.60. The highest BCUT2D eigenvalue weighted by atomic mass is 16.5. The molecule has 0 heterocycles. The monoisotopic (exact) mass is 237 g/mol. The molecule has 0 saturated carbocycles. The summed E-state index contributed by atoms with van der Waals surface area (Å²) in [6.07, 6.45) is -0.300. The van der Waals surface area contributed by atoms with Crippen LogP contribution in [0, 0.1) is 0 Å². The highest BCUT2D eigenvalue weighted by Crippen LogP contribution is 2.11. The minimum Gasteiger partial charge on any atom is -0.379 e. The summed E-state index contributed by atoms with van der Waals surface area (Å²) < 4.78 is 10.8. The van der Waals surface area contributed by atoms with Gasteiger partial charge < -0.3 is 15.2 Å². The van der Waals surface area contributed by atoms with Gasteiger partial charge in [-0.15, -0.1) is 0 Å². The van der Waals surface area contributed by atoms with Gasteiger partial charge >= 0.3 is 0 Å². The number of benzene rings is 1. The van der Waals surface area contributed by atoms with E-state index >= 15 is 0 Å². The molecule has 1 amide bonds. The van der Waals surface area contributed by atoms with Crippen LogP contribution in [0.25, 0.3) is 0 Å². The number of carbonyl (C=O) groups is 1. The number of amides is 1. The van der Waals surface area contributed by atoms with Crippen molar-refractivity contribution in [3.63, 3.8) is 0 Å². The molecule has 1 aromatic carbocycles. The number of ether oxygens (including phenoxy) is 2. The van der Waals surface area contributed by atoms with Gasteiger partial charge in [0.25, 0.3) is 0 Å². The summed E-state index contributed by atoms with van der Waals surface area (Å²) in [4.78, 5) is 10.9. The summed E-state index contributed by atoms with van der Waals surface area (Å²) in [6, 6.07) is 9.78. The van der Waals surface area contributed by atoms with Crippen molar-refractivity contribution in [3.8, 4) is 0 Å². The first-order chi connectivity index (χ1) is 8.13. The normalized spacial score (nSPS) is 14.2. The Morgan fingerprint density at radius 2 is 2.00 bits per heavy atom. The van der Waals surface area contributed by atoms with Crippen LogP contribution in [0.3, 0.4) is 0 Å². The number of hydrogen-bond donors (Lipinski definition) is 1. The molecule has 0 fully saturated rings. The molecule has 2 N–H and O–H groups in total. The summed E-state index contributed by atoms with van der Waals surface area (Å²) >= 11 is 0. The van der Waals surface area contributed by atoms with Crippen LogP contribution < -0.4 is 5.73 Å². The van der Waals surface area contributed by atoms with E-state index in [1.54, 1.807) is 7.11 Å². The van der Waals surface area contributed by atoms with Crippen molar-refractivity contribution in [2.24, 2.45) is 5.73 Å². The Balaban J connectivity index is 2.51. The first-order valence-electron chi connectivity index (χ1n) is 5.60. The molecule has 0 aromatic heterocycles. The zero-order valence-electron chi connectivity index (χ0n) is 10.3.